The van der Waals surface area contributed by atoms with Crippen LogP contribution in [0.2, 0.25) is 10.0 Å². The van der Waals surface area contributed by atoms with Gasteiger partial charge >= 0.3 is 6.03 Å². The number of nitrogens with zero attached hydrogens (tertiary/aromatic N) is 1. The zero-order valence-electron chi connectivity index (χ0n) is 17.6. The van der Waals surface area contributed by atoms with E-state index in [0.29, 0.717) is 21.4 Å². The molecule has 4 rings (SSSR count). The van der Waals surface area contributed by atoms with Gasteiger partial charge in [0.2, 0.25) is 0 Å². The highest BCUT2D eigenvalue weighted by Gasteiger charge is 2.33. The fraction of sp³-hybridized carbons (Fsp3) is 0.120. The molecule has 0 aromatic heterocycles. The molecule has 8 heteroatoms. The van der Waals surface area contributed by atoms with Crippen molar-refractivity contribution in [1.82, 2.24) is 10.2 Å². The summed E-state index contributed by atoms with van der Waals surface area (Å²) in [4.78, 5) is 26.6. The molecule has 3 aromatic rings. The van der Waals surface area contributed by atoms with Crippen LogP contribution in [-0.4, -0.2) is 16.8 Å². The van der Waals surface area contributed by atoms with Crippen molar-refractivity contribution < 1.29 is 14.3 Å². The largest absolute Gasteiger partial charge is 0.488 e. The first-order valence-electron chi connectivity index (χ1n) is 10.1. The number of amides is 3. The van der Waals surface area contributed by atoms with E-state index in [4.69, 9.17) is 27.9 Å². The Bertz CT molecular complexity index is 1260. The normalized spacial score (nSPS) is 14.7. The third-order valence-corrected chi connectivity index (χ3v) is 6.31. The summed E-state index contributed by atoms with van der Waals surface area (Å²) >= 11 is 15.5. The quantitative estimate of drug-likeness (QED) is 0.276. The van der Waals surface area contributed by atoms with Crippen LogP contribution in [0.4, 0.5) is 4.79 Å². The maximum atomic E-state index is 12.9. The predicted molar refractivity (Wildman–Crippen MR) is 133 cm³/mol. The van der Waals surface area contributed by atoms with Gasteiger partial charge < -0.3 is 10.1 Å². The molecule has 0 saturated carbocycles. The van der Waals surface area contributed by atoms with Crippen LogP contribution in [0.1, 0.15) is 22.3 Å². The van der Waals surface area contributed by atoms with Gasteiger partial charge in [-0.15, -0.1) is 0 Å². The summed E-state index contributed by atoms with van der Waals surface area (Å²) < 4.78 is 6.78. The number of hydrogen-bond acceptors (Lipinski definition) is 3. The number of benzene rings is 3. The van der Waals surface area contributed by atoms with Crippen molar-refractivity contribution in [2.75, 3.05) is 0 Å². The van der Waals surface area contributed by atoms with E-state index in [-0.39, 0.29) is 18.8 Å². The zero-order chi connectivity index (χ0) is 23.5. The Kier molecular flexibility index (Phi) is 7.08. The molecule has 1 aliphatic heterocycles. The maximum Gasteiger partial charge on any atom is 0.329 e. The van der Waals surface area contributed by atoms with Gasteiger partial charge in [0.15, 0.2) is 0 Å². The number of nitrogens with one attached hydrogen (secondary N) is 1. The van der Waals surface area contributed by atoms with E-state index in [0.717, 1.165) is 21.2 Å². The molecule has 1 fully saturated rings. The summed E-state index contributed by atoms with van der Waals surface area (Å²) in [5.41, 5.74) is 3.66. The van der Waals surface area contributed by atoms with E-state index in [2.05, 4.69) is 21.2 Å². The Morgan fingerprint density at radius 2 is 1.70 bits per heavy atom. The van der Waals surface area contributed by atoms with Gasteiger partial charge in [-0.3, -0.25) is 9.69 Å². The molecule has 0 radical (unpaired) electrons. The standard InChI is InChI=1S/C25H19BrCl2N2O3/c1-15-2-4-16(5-3-15)13-30-24(31)22(29-25(30)32)12-18-11-19(26)7-9-23(18)33-14-17-6-8-20(27)21(28)10-17/h2-12H,13-14H2,1H3,(H,29,32)/b22-12+. The van der Waals surface area contributed by atoms with E-state index in [1.165, 1.54) is 4.90 Å². The fourth-order valence-electron chi connectivity index (χ4n) is 3.30. The van der Waals surface area contributed by atoms with Crippen LogP contribution in [0.25, 0.3) is 6.08 Å². The molecule has 33 heavy (non-hydrogen) atoms. The Balaban J connectivity index is 1.54. The number of ether oxygens (including phenoxy) is 1. The van der Waals surface area contributed by atoms with Crippen LogP contribution in [0, 0.1) is 6.92 Å². The lowest BCUT2D eigenvalue weighted by Crippen LogP contribution is -2.30. The Hall–Kier alpha value is -2.80. The van der Waals surface area contributed by atoms with Gasteiger partial charge in [-0.25, -0.2) is 4.79 Å². The minimum absolute atomic E-state index is 0.185. The smallest absolute Gasteiger partial charge is 0.329 e. The molecule has 1 saturated heterocycles. The molecule has 0 atom stereocenters. The van der Waals surface area contributed by atoms with Crippen molar-refractivity contribution in [2.24, 2.45) is 0 Å². The first kappa shape index (κ1) is 23.4. The lowest BCUT2D eigenvalue weighted by molar-refractivity contribution is -0.123. The molecule has 1 N–H and O–H groups in total. The van der Waals surface area contributed by atoms with E-state index in [1.54, 1.807) is 24.3 Å². The monoisotopic (exact) mass is 544 g/mol. The number of imide groups is 1. The third kappa shape index (κ3) is 5.58. The van der Waals surface area contributed by atoms with Gasteiger partial charge in [-0.1, -0.05) is 75.0 Å². The highest BCUT2D eigenvalue weighted by atomic mass is 79.9. The number of rotatable bonds is 6. The Morgan fingerprint density at radius 1 is 0.970 bits per heavy atom. The molecule has 0 unspecified atom stereocenters. The topological polar surface area (TPSA) is 58.6 Å². The zero-order valence-corrected chi connectivity index (χ0v) is 20.7. The van der Waals surface area contributed by atoms with Crippen LogP contribution in [0.15, 0.2) is 70.8 Å². The van der Waals surface area contributed by atoms with Crippen LogP contribution in [0.5, 0.6) is 5.75 Å². The molecule has 1 heterocycles. The third-order valence-electron chi connectivity index (χ3n) is 5.07. The number of halogens is 3. The number of hydrogen-bond donors (Lipinski definition) is 1. The SMILES string of the molecule is Cc1ccc(CN2C(=O)N/C(=C/c3cc(Br)ccc3OCc3ccc(Cl)c(Cl)c3)C2=O)cc1. The second-order valence-corrected chi connectivity index (χ2v) is 9.31. The minimum atomic E-state index is -0.458. The van der Waals surface area contributed by atoms with Crippen LogP contribution < -0.4 is 10.1 Å². The maximum absolute atomic E-state index is 12.9. The number of urea groups is 1. The lowest BCUT2D eigenvalue weighted by Gasteiger charge is -2.12. The average molecular weight is 546 g/mol. The van der Waals surface area contributed by atoms with Crippen molar-refractivity contribution in [1.29, 1.82) is 0 Å². The van der Waals surface area contributed by atoms with Crippen LogP contribution in [0.3, 0.4) is 0 Å². The van der Waals surface area contributed by atoms with Crippen molar-refractivity contribution >= 4 is 57.1 Å². The molecule has 5 nitrogen and oxygen atoms in total. The molecular weight excluding hydrogens is 527 g/mol. The first-order chi connectivity index (χ1) is 15.8. The molecule has 1 aliphatic rings. The van der Waals surface area contributed by atoms with Gasteiger partial charge in [-0.05, 0) is 54.5 Å². The van der Waals surface area contributed by atoms with Crippen LogP contribution >= 0.6 is 39.1 Å². The summed E-state index contributed by atoms with van der Waals surface area (Å²) in [5, 5.41) is 3.58. The summed E-state index contributed by atoms with van der Waals surface area (Å²) in [6.45, 7) is 2.44. The van der Waals surface area contributed by atoms with Crippen molar-refractivity contribution in [3.8, 4) is 5.75 Å². The molecule has 168 valence electrons. The summed E-state index contributed by atoms with van der Waals surface area (Å²) in [5.74, 6) is 0.159. The summed E-state index contributed by atoms with van der Waals surface area (Å²) in [6, 6.07) is 18.0. The molecule has 3 aromatic carbocycles. The van der Waals surface area contributed by atoms with Gasteiger partial charge in [0, 0.05) is 10.0 Å². The highest BCUT2D eigenvalue weighted by Crippen LogP contribution is 2.29. The second-order valence-electron chi connectivity index (χ2n) is 7.58. The van der Waals surface area contributed by atoms with Gasteiger partial charge in [0.1, 0.15) is 18.1 Å². The minimum Gasteiger partial charge on any atom is -0.488 e. The van der Waals surface area contributed by atoms with E-state index in [1.807, 2.05) is 49.4 Å². The molecule has 0 aliphatic carbocycles. The highest BCUT2D eigenvalue weighted by molar-refractivity contribution is 9.10. The average Bonchev–Trinajstić information content (AvgIpc) is 3.04. The number of carbonyl (C=O) groups excluding carboxylic acids is 2. The summed E-state index contributed by atoms with van der Waals surface area (Å²) in [7, 11) is 0. The van der Waals surface area contributed by atoms with Crippen molar-refractivity contribution in [3.63, 3.8) is 0 Å². The van der Waals surface area contributed by atoms with Gasteiger partial charge in [-0.2, -0.15) is 0 Å². The molecular formula is C25H19BrCl2N2O3. The Labute approximate surface area is 210 Å². The van der Waals surface area contributed by atoms with Gasteiger partial charge in [0.25, 0.3) is 5.91 Å². The number of aryl methyl sites for hydroxylation is 1. The van der Waals surface area contributed by atoms with E-state index < -0.39 is 11.9 Å². The number of carbonyl (C=O) groups is 2. The fourth-order valence-corrected chi connectivity index (χ4v) is 4.00. The lowest BCUT2D eigenvalue weighted by atomic mass is 10.1. The van der Waals surface area contributed by atoms with E-state index in [9.17, 15) is 9.59 Å². The van der Waals surface area contributed by atoms with Crippen molar-refractivity contribution in [2.45, 2.75) is 20.1 Å². The van der Waals surface area contributed by atoms with E-state index >= 15 is 0 Å². The molecule has 3 amide bonds. The summed E-state index contributed by atoms with van der Waals surface area (Å²) in [6.07, 6.45) is 1.62. The predicted octanol–water partition coefficient (Wildman–Crippen LogP) is 6.74. The first-order valence-corrected chi connectivity index (χ1v) is 11.6. The van der Waals surface area contributed by atoms with Gasteiger partial charge in [0.05, 0.1) is 16.6 Å². The van der Waals surface area contributed by atoms with Crippen LogP contribution in [-0.2, 0) is 17.9 Å². The molecule has 0 bridgehead atoms. The second kappa shape index (κ2) is 10.00. The molecule has 0 spiro atoms. The van der Waals surface area contributed by atoms with Crippen molar-refractivity contribution in [3.05, 3.63) is 103 Å². The Morgan fingerprint density at radius 3 is 2.42 bits per heavy atom.